The highest BCUT2D eigenvalue weighted by atomic mass is 16.4. The maximum absolute atomic E-state index is 11.6. The molecule has 0 amide bonds. The zero-order valence-electron chi connectivity index (χ0n) is 19.6. The van der Waals surface area contributed by atoms with Crippen LogP contribution < -0.4 is 5.32 Å². The van der Waals surface area contributed by atoms with Gasteiger partial charge in [0.15, 0.2) is 0 Å². The summed E-state index contributed by atoms with van der Waals surface area (Å²) in [5.74, 6) is -0.291. The number of carboxylic acids is 1. The van der Waals surface area contributed by atoms with Gasteiger partial charge in [0.1, 0.15) is 6.04 Å². The van der Waals surface area contributed by atoms with Crippen LogP contribution in [0.4, 0.5) is 11.7 Å². The van der Waals surface area contributed by atoms with E-state index in [1.807, 2.05) is 59.5 Å². The van der Waals surface area contributed by atoms with Crippen LogP contribution in [0, 0.1) is 6.92 Å². The Morgan fingerprint density at radius 1 is 1.03 bits per heavy atom. The van der Waals surface area contributed by atoms with E-state index in [0.717, 1.165) is 52.9 Å². The molecule has 1 aliphatic rings. The van der Waals surface area contributed by atoms with Crippen molar-refractivity contribution in [2.75, 3.05) is 11.9 Å². The van der Waals surface area contributed by atoms with Gasteiger partial charge in [0.05, 0.1) is 0 Å². The Bertz CT molecular complexity index is 1320. The summed E-state index contributed by atoms with van der Waals surface area (Å²) in [6.45, 7) is 3.44. The van der Waals surface area contributed by atoms with Gasteiger partial charge in [-0.15, -0.1) is 5.10 Å². The minimum atomic E-state index is -0.746. The molecule has 2 heterocycles. The summed E-state index contributed by atoms with van der Waals surface area (Å²) in [5, 5.41) is 21.2. The summed E-state index contributed by atoms with van der Waals surface area (Å²) >= 11 is 0. The number of nitrogens with zero attached hydrogens (tertiary/aromatic N) is 3. The number of piperidine rings is 1. The Morgan fingerprint density at radius 3 is 2.66 bits per heavy atom. The van der Waals surface area contributed by atoms with Crippen molar-refractivity contribution in [1.82, 2.24) is 15.1 Å². The second-order valence-electron chi connectivity index (χ2n) is 8.90. The molecule has 0 radical (unpaired) electrons. The van der Waals surface area contributed by atoms with Gasteiger partial charge < -0.3 is 14.8 Å². The van der Waals surface area contributed by atoms with Gasteiger partial charge in [-0.25, -0.2) is 0 Å². The van der Waals surface area contributed by atoms with Gasteiger partial charge in [-0.05, 0) is 66.8 Å². The van der Waals surface area contributed by atoms with E-state index >= 15 is 0 Å². The minimum absolute atomic E-state index is 0.308. The number of carboxylic acid groups (broad SMARTS) is 1. The molecular weight excluding hydrogens is 440 g/mol. The number of likely N-dealkylation sites (tertiary alicyclic amines) is 1. The number of anilines is 2. The van der Waals surface area contributed by atoms with Crippen molar-refractivity contribution in [2.24, 2.45) is 0 Å². The van der Waals surface area contributed by atoms with E-state index in [-0.39, 0.29) is 0 Å². The van der Waals surface area contributed by atoms with Crippen molar-refractivity contribution in [3.63, 3.8) is 0 Å². The van der Waals surface area contributed by atoms with Crippen LogP contribution >= 0.6 is 0 Å². The number of benzene rings is 3. The zero-order chi connectivity index (χ0) is 24.2. The van der Waals surface area contributed by atoms with Crippen LogP contribution in [0.1, 0.15) is 30.4 Å². The first-order chi connectivity index (χ1) is 17.1. The lowest BCUT2D eigenvalue weighted by molar-refractivity contribution is -0.144. The zero-order valence-corrected chi connectivity index (χ0v) is 19.6. The summed E-state index contributed by atoms with van der Waals surface area (Å²) in [4.78, 5) is 13.7. The second kappa shape index (κ2) is 10.1. The molecule has 1 fully saturated rings. The molecule has 0 saturated carbocycles. The van der Waals surface area contributed by atoms with Crippen molar-refractivity contribution in [3.05, 3.63) is 83.9 Å². The minimum Gasteiger partial charge on any atom is -0.480 e. The molecule has 0 spiro atoms. The van der Waals surface area contributed by atoms with Gasteiger partial charge >= 0.3 is 12.0 Å². The Kier molecular flexibility index (Phi) is 6.59. The first kappa shape index (κ1) is 22.8. The molecule has 7 heteroatoms. The number of aliphatic carboxylic acids is 1. The van der Waals surface area contributed by atoms with Gasteiger partial charge in [0.2, 0.25) is 5.89 Å². The lowest BCUT2D eigenvalue weighted by Crippen LogP contribution is -2.43. The maximum atomic E-state index is 11.6. The lowest BCUT2D eigenvalue weighted by atomic mass is 9.96. The third-order valence-corrected chi connectivity index (χ3v) is 6.54. The van der Waals surface area contributed by atoms with E-state index < -0.39 is 12.0 Å². The Hall–Kier alpha value is -3.97. The van der Waals surface area contributed by atoms with E-state index in [0.29, 0.717) is 24.9 Å². The van der Waals surface area contributed by atoms with Crippen LogP contribution in [0.2, 0.25) is 0 Å². The van der Waals surface area contributed by atoms with Crippen LogP contribution in [0.25, 0.3) is 22.6 Å². The number of hydrogen-bond donors (Lipinski definition) is 2. The van der Waals surface area contributed by atoms with Gasteiger partial charge in [-0.1, -0.05) is 66.1 Å². The molecule has 1 aliphatic heterocycles. The topological polar surface area (TPSA) is 91.5 Å². The molecule has 4 aromatic rings. The van der Waals surface area contributed by atoms with Crippen LogP contribution in [-0.4, -0.2) is 38.8 Å². The lowest BCUT2D eigenvalue weighted by Gasteiger charge is -2.32. The highest BCUT2D eigenvalue weighted by Crippen LogP contribution is 2.32. The summed E-state index contributed by atoms with van der Waals surface area (Å²) in [6.07, 6.45) is 2.68. The monoisotopic (exact) mass is 468 g/mol. The molecule has 7 nitrogen and oxygen atoms in total. The largest absolute Gasteiger partial charge is 0.480 e. The molecule has 2 N–H and O–H groups in total. The van der Waals surface area contributed by atoms with Gasteiger partial charge in [0, 0.05) is 17.8 Å². The second-order valence-corrected chi connectivity index (χ2v) is 8.90. The van der Waals surface area contributed by atoms with E-state index in [1.165, 1.54) is 0 Å². The standard InChI is InChI=1S/C28H28N4O3/c1-19-23(21-10-3-2-4-11-21)13-8-14-24(19)26-30-31-28(35-26)29-22-12-7-9-20(17-22)18-32-16-6-5-15-25(32)27(33)34/h2-4,7-14,17,25H,5-6,15-16,18H2,1H3,(H,29,31)(H,33,34). The van der Waals surface area contributed by atoms with Crippen molar-refractivity contribution in [1.29, 1.82) is 0 Å². The van der Waals surface area contributed by atoms with Gasteiger partial charge in [0.25, 0.3) is 0 Å². The summed E-state index contributed by atoms with van der Waals surface area (Å²) in [5.41, 5.74) is 6.09. The van der Waals surface area contributed by atoms with Crippen LogP contribution in [0.3, 0.4) is 0 Å². The molecule has 1 atom stereocenters. The molecule has 1 saturated heterocycles. The number of rotatable bonds is 7. The number of aromatic nitrogens is 2. The molecular formula is C28H28N4O3. The normalized spacial score (nSPS) is 16.2. The molecule has 1 aromatic heterocycles. The highest BCUT2D eigenvalue weighted by Gasteiger charge is 2.28. The molecule has 5 rings (SSSR count). The summed E-state index contributed by atoms with van der Waals surface area (Å²) in [7, 11) is 0. The summed E-state index contributed by atoms with van der Waals surface area (Å²) in [6, 6.07) is 24.1. The van der Waals surface area contributed by atoms with Crippen LogP contribution in [0.15, 0.2) is 77.2 Å². The third kappa shape index (κ3) is 5.10. The Labute approximate surface area is 204 Å². The molecule has 35 heavy (non-hydrogen) atoms. The predicted molar refractivity (Wildman–Crippen MR) is 135 cm³/mol. The average molecular weight is 469 g/mol. The molecule has 0 bridgehead atoms. The van der Waals surface area contributed by atoms with Crippen LogP contribution in [-0.2, 0) is 11.3 Å². The van der Waals surface area contributed by atoms with Crippen molar-refractivity contribution in [3.8, 4) is 22.6 Å². The molecule has 178 valence electrons. The van der Waals surface area contributed by atoms with Gasteiger partial charge in [-0.2, -0.15) is 0 Å². The van der Waals surface area contributed by atoms with E-state index in [1.54, 1.807) is 0 Å². The van der Waals surface area contributed by atoms with Gasteiger partial charge in [-0.3, -0.25) is 9.69 Å². The predicted octanol–water partition coefficient (Wildman–Crippen LogP) is 5.89. The average Bonchev–Trinajstić information content (AvgIpc) is 3.33. The first-order valence-electron chi connectivity index (χ1n) is 11.9. The quantitative estimate of drug-likeness (QED) is 0.349. The Morgan fingerprint density at radius 2 is 1.83 bits per heavy atom. The Balaban J connectivity index is 1.32. The molecule has 0 aliphatic carbocycles. The van der Waals surface area contributed by atoms with E-state index in [9.17, 15) is 9.90 Å². The number of hydrogen-bond acceptors (Lipinski definition) is 6. The van der Waals surface area contributed by atoms with Crippen molar-refractivity contribution in [2.45, 2.75) is 38.8 Å². The highest BCUT2D eigenvalue weighted by molar-refractivity contribution is 5.75. The van der Waals surface area contributed by atoms with E-state index in [2.05, 4.69) is 40.6 Å². The van der Waals surface area contributed by atoms with Crippen molar-refractivity contribution < 1.29 is 14.3 Å². The van der Waals surface area contributed by atoms with E-state index in [4.69, 9.17) is 4.42 Å². The fraction of sp³-hybridized carbons (Fsp3) is 0.250. The fourth-order valence-corrected chi connectivity index (χ4v) is 4.75. The van der Waals surface area contributed by atoms with Crippen molar-refractivity contribution >= 4 is 17.7 Å². The third-order valence-electron chi connectivity index (χ3n) is 6.54. The summed E-state index contributed by atoms with van der Waals surface area (Å²) < 4.78 is 5.96. The number of nitrogens with one attached hydrogen (secondary N) is 1. The maximum Gasteiger partial charge on any atom is 0.320 e. The first-order valence-corrected chi connectivity index (χ1v) is 11.9. The fourth-order valence-electron chi connectivity index (χ4n) is 4.75. The smallest absolute Gasteiger partial charge is 0.320 e. The molecule has 1 unspecified atom stereocenters. The molecule has 3 aromatic carbocycles. The number of carbonyl (C=O) groups is 1. The van der Waals surface area contributed by atoms with Crippen LogP contribution in [0.5, 0.6) is 0 Å². The SMILES string of the molecule is Cc1c(-c2ccccc2)cccc1-c1nnc(Nc2cccc(CN3CCCCC3C(=O)O)c2)o1.